The van der Waals surface area contributed by atoms with Crippen molar-refractivity contribution in [3.8, 4) is 11.1 Å². The van der Waals surface area contributed by atoms with Crippen LogP contribution in [-0.4, -0.2) is 0 Å². The molecule has 2 aliphatic rings. The first-order chi connectivity index (χ1) is 33.7. The molecule has 322 valence electrons. The zero-order chi connectivity index (χ0) is 44.7. The van der Waals surface area contributed by atoms with Gasteiger partial charge in [0, 0.05) is 53.6 Å². The summed E-state index contributed by atoms with van der Waals surface area (Å²) in [6.45, 7) is 0. The number of benzene rings is 10. The Bertz CT molecular complexity index is 4010. The highest BCUT2D eigenvalue weighted by Crippen LogP contribution is 2.52. The first-order valence-corrected chi connectivity index (χ1v) is 25.4. The van der Waals surface area contributed by atoms with E-state index in [-0.39, 0.29) is 0 Å². The van der Waals surface area contributed by atoms with E-state index in [1.54, 1.807) is 0 Å². The van der Waals surface area contributed by atoms with E-state index in [1.807, 2.05) is 22.7 Å². The van der Waals surface area contributed by atoms with E-state index < -0.39 is 0 Å². The van der Waals surface area contributed by atoms with Gasteiger partial charge in [0.2, 0.25) is 0 Å². The van der Waals surface area contributed by atoms with Crippen LogP contribution in [0, 0.1) is 0 Å². The summed E-state index contributed by atoms with van der Waals surface area (Å²) in [6.07, 6.45) is 11.9. The summed E-state index contributed by atoms with van der Waals surface area (Å²) in [5, 5.41) is 10.5. The molecule has 4 heteroatoms. The molecule has 2 nitrogen and oxygen atoms in total. The average molecular weight is 905 g/mol. The number of nitrogens with zero attached hydrogens (tertiary/aromatic N) is 2. The van der Waals surface area contributed by atoms with E-state index in [4.69, 9.17) is 0 Å². The number of rotatable bonds is 8. The van der Waals surface area contributed by atoms with Gasteiger partial charge in [0.25, 0.3) is 0 Å². The third-order valence-electron chi connectivity index (χ3n) is 14.5. The zero-order valence-corrected chi connectivity index (χ0v) is 38.9. The van der Waals surface area contributed by atoms with Crippen LogP contribution in [0.4, 0.5) is 34.1 Å². The Morgan fingerprint density at radius 3 is 1.66 bits per heavy atom. The summed E-state index contributed by atoms with van der Waals surface area (Å²) in [6, 6.07) is 75.1. The fraction of sp³-hybridized carbons (Fsp3) is 0.0625. The molecule has 2 aromatic heterocycles. The summed E-state index contributed by atoms with van der Waals surface area (Å²) in [7, 11) is 0. The van der Waals surface area contributed by atoms with Crippen molar-refractivity contribution in [1.82, 2.24) is 0 Å². The molecule has 1 unspecified atom stereocenters. The summed E-state index contributed by atoms with van der Waals surface area (Å²) < 4.78 is 5.23. The topological polar surface area (TPSA) is 6.48 Å². The van der Waals surface area contributed by atoms with Crippen LogP contribution in [0.25, 0.3) is 73.0 Å². The van der Waals surface area contributed by atoms with Crippen LogP contribution < -0.4 is 9.80 Å². The predicted molar refractivity (Wildman–Crippen MR) is 295 cm³/mol. The van der Waals surface area contributed by atoms with E-state index in [9.17, 15) is 0 Å². The Hall–Kier alpha value is -7.76. The van der Waals surface area contributed by atoms with Gasteiger partial charge in [-0.15, -0.1) is 22.7 Å². The van der Waals surface area contributed by atoms with Crippen LogP contribution in [0.5, 0.6) is 0 Å². The van der Waals surface area contributed by atoms with Crippen molar-refractivity contribution in [2.45, 2.75) is 25.2 Å². The van der Waals surface area contributed by atoms with Crippen molar-refractivity contribution in [3.05, 3.63) is 241 Å². The van der Waals surface area contributed by atoms with Crippen molar-refractivity contribution in [2.75, 3.05) is 9.80 Å². The molecule has 0 bridgehead atoms. The van der Waals surface area contributed by atoms with Crippen LogP contribution in [0.2, 0.25) is 0 Å². The minimum Gasteiger partial charge on any atom is -0.309 e. The Labute approximate surface area is 403 Å². The normalized spacial score (nSPS) is 14.3. The summed E-state index contributed by atoms with van der Waals surface area (Å²) in [4.78, 5) is 5.10. The van der Waals surface area contributed by atoms with Crippen molar-refractivity contribution in [2.24, 2.45) is 0 Å². The lowest BCUT2D eigenvalue weighted by molar-refractivity contribution is 0.854. The van der Waals surface area contributed by atoms with E-state index in [2.05, 4.69) is 234 Å². The molecule has 68 heavy (non-hydrogen) atoms. The predicted octanol–water partition coefficient (Wildman–Crippen LogP) is 19.0. The highest BCUT2D eigenvalue weighted by molar-refractivity contribution is 7.26. The van der Waals surface area contributed by atoms with Gasteiger partial charge < -0.3 is 9.80 Å². The monoisotopic (exact) mass is 904 g/mol. The van der Waals surface area contributed by atoms with Gasteiger partial charge in [-0.25, -0.2) is 0 Å². The molecule has 14 rings (SSSR count). The summed E-state index contributed by atoms with van der Waals surface area (Å²) in [5.41, 5.74) is 13.8. The Morgan fingerprint density at radius 1 is 0.397 bits per heavy atom. The molecular formula is C64H44N2S2. The number of anilines is 6. The fourth-order valence-corrected chi connectivity index (χ4v) is 13.7. The summed E-state index contributed by atoms with van der Waals surface area (Å²) >= 11 is 3.79. The van der Waals surface area contributed by atoms with Gasteiger partial charge in [-0.3, -0.25) is 0 Å². The SMILES string of the molecule is C1=CCC(c2ccc(N(c3ccc4ccc5c(N(c6ccc(-c7ccccc7)cc6)c6cccc7c6sc6ccccc67)ccc6c5c4c3CC6)c3cccc4c3sc3ccccc34)cc2)C=C1. The molecule has 12 aromatic rings. The number of thiophene rings is 2. The zero-order valence-electron chi connectivity index (χ0n) is 37.3. The maximum Gasteiger partial charge on any atom is 0.0640 e. The van der Waals surface area contributed by atoms with Gasteiger partial charge >= 0.3 is 0 Å². The van der Waals surface area contributed by atoms with Crippen LogP contribution >= 0.6 is 22.7 Å². The lowest BCUT2D eigenvalue weighted by Crippen LogP contribution is -2.15. The standard InChI is InChI=1S/C64H44N2S2/c1-3-13-41(14-4-1)43-25-33-47(34-26-43)65(57-21-11-19-51-49-17-7-9-23-59(49)67-63(51)57)55-39-31-45-30-38-54-56(40-32-46-29-37-53(55)61(45)62(46)54)66(48-35-27-44(28-36-48)42-15-5-2-6-16-42)58-22-12-20-52-50-18-8-10-24-60(50)68-64(52)58/h1-15,17-29,31-37,39-40,42H,16,30,38H2. The minimum atomic E-state index is 0.390. The number of hydrogen-bond acceptors (Lipinski definition) is 4. The first-order valence-electron chi connectivity index (χ1n) is 23.7. The molecule has 2 aliphatic carbocycles. The Morgan fingerprint density at radius 2 is 0.985 bits per heavy atom. The third-order valence-corrected chi connectivity index (χ3v) is 16.9. The largest absolute Gasteiger partial charge is 0.309 e. The summed E-state index contributed by atoms with van der Waals surface area (Å²) in [5.74, 6) is 0.390. The smallest absolute Gasteiger partial charge is 0.0640 e. The van der Waals surface area contributed by atoms with Crippen molar-refractivity contribution in [1.29, 1.82) is 0 Å². The lowest BCUT2D eigenvalue weighted by Gasteiger charge is -2.32. The maximum absolute atomic E-state index is 2.57. The molecule has 0 spiro atoms. The molecular weight excluding hydrogens is 861 g/mol. The van der Waals surface area contributed by atoms with E-state index in [0.717, 1.165) is 24.9 Å². The van der Waals surface area contributed by atoms with Crippen molar-refractivity contribution < 1.29 is 0 Å². The number of allylic oxidation sites excluding steroid dienone is 4. The van der Waals surface area contributed by atoms with Gasteiger partial charge in [0.15, 0.2) is 0 Å². The Balaban J connectivity index is 0.996. The van der Waals surface area contributed by atoms with Crippen LogP contribution in [0.1, 0.15) is 29.0 Å². The molecule has 2 heterocycles. The van der Waals surface area contributed by atoms with Gasteiger partial charge in [-0.05, 0) is 124 Å². The third kappa shape index (κ3) is 6.29. The second kappa shape index (κ2) is 16.0. The average Bonchev–Trinajstić information content (AvgIpc) is 3.99. The van der Waals surface area contributed by atoms with E-state index in [1.165, 1.54) is 118 Å². The van der Waals surface area contributed by atoms with E-state index in [0.29, 0.717) is 5.92 Å². The molecule has 0 aliphatic heterocycles. The van der Waals surface area contributed by atoms with Gasteiger partial charge in [0.05, 0.1) is 32.1 Å². The minimum absolute atomic E-state index is 0.390. The second-order valence-electron chi connectivity index (χ2n) is 18.2. The highest BCUT2D eigenvalue weighted by Gasteiger charge is 2.28. The number of aryl methyl sites for hydroxylation is 2. The van der Waals surface area contributed by atoms with Crippen molar-refractivity contribution in [3.63, 3.8) is 0 Å². The molecule has 0 saturated carbocycles. The quantitative estimate of drug-likeness (QED) is 0.140. The van der Waals surface area contributed by atoms with Crippen LogP contribution in [0.15, 0.2) is 224 Å². The molecule has 10 aromatic carbocycles. The van der Waals surface area contributed by atoms with E-state index >= 15 is 0 Å². The molecule has 0 amide bonds. The van der Waals surface area contributed by atoms with Gasteiger partial charge in [0.1, 0.15) is 0 Å². The Kier molecular flexibility index (Phi) is 9.24. The van der Waals surface area contributed by atoms with Crippen LogP contribution in [0.3, 0.4) is 0 Å². The fourth-order valence-electron chi connectivity index (χ4n) is 11.3. The van der Waals surface area contributed by atoms with Crippen molar-refractivity contribution >= 4 is 119 Å². The molecule has 0 saturated heterocycles. The number of hydrogen-bond donors (Lipinski definition) is 0. The maximum atomic E-state index is 2.57. The van der Waals surface area contributed by atoms with Crippen LogP contribution in [-0.2, 0) is 12.8 Å². The number of fused-ring (bicyclic) bond motifs is 6. The molecule has 0 N–H and O–H groups in total. The molecule has 1 atom stereocenters. The first kappa shape index (κ1) is 39.4. The van der Waals surface area contributed by atoms with Gasteiger partial charge in [-0.1, -0.05) is 164 Å². The highest BCUT2D eigenvalue weighted by atomic mass is 32.1. The van der Waals surface area contributed by atoms with Gasteiger partial charge in [-0.2, -0.15) is 0 Å². The second-order valence-corrected chi connectivity index (χ2v) is 20.3. The molecule has 0 fully saturated rings. The molecule has 0 radical (unpaired) electrons. The lowest BCUT2D eigenvalue weighted by atomic mass is 9.84.